The first-order valence-corrected chi connectivity index (χ1v) is 6.40. The molecular formula is C14H18N2O2. The number of fused-ring (bicyclic) bond motifs is 1. The van der Waals surface area contributed by atoms with Crippen LogP contribution in [-0.2, 0) is 6.42 Å². The van der Waals surface area contributed by atoms with Gasteiger partial charge in [-0.25, -0.2) is 4.98 Å². The molecule has 1 saturated carbocycles. The minimum absolute atomic E-state index is 0.728. The smallest absolute Gasteiger partial charge is 0.163 e. The highest BCUT2D eigenvalue weighted by atomic mass is 16.5. The maximum absolute atomic E-state index is 5.29. The van der Waals surface area contributed by atoms with Crippen LogP contribution >= 0.6 is 0 Å². The second-order valence-electron chi connectivity index (χ2n) is 4.91. The lowest BCUT2D eigenvalue weighted by Crippen LogP contribution is -2.14. The molecule has 1 aromatic heterocycles. The molecule has 0 saturated heterocycles. The van der Waals surface area contributed by atoms with E-state index in [4.69, 9.17) is 9.47 Å². The van der Waals surface area contributed by atoms with E-state index in [1.165, 1.54) is 19.3 Å². The number of aromatic nitrogens is 2. The molecule has 4 nitrogen and oxygen atoms in total. The second kappa shape index (κ2) is 4.52. The van der Waals surface area contributed by atoms with E-state index in [2.05, 4.69) is 9.97 Å². The van der Waals surface area contributed by atoms with Gasteiger partial charge in [0, 0.05) is 18.6 Å². The molecule has 0 unspecified atom stereocenters. The summed E-state index contributed by atoms with van der Waals surface area (Å²) in [4.78, 5) is 8.00. The van der Waals surface area contributed by atoms with Gasteiger partial charge in [0.2, 0.25) is 0 Å². The van der Waals surface area contributed by atoms with Crippen LogP contribution in [0.4, 0.5) is 0 Å². The highest BCUT2D eigenvalue weighted by Gasteiger charge is 2.19. The molecule has 0 aliphatic heterocycles. The van der Waals surface area contributed by atoms with Crippen LogP contribution in [0.3, 0.4) is 0 Å². The molecule has 0 spiro atoms. The molecule has 3 rings (SSSR count). The molecule has 2 aromatic rings. The molecule has 1 heterocycles. The Labute approximate surface area is 106 Å². The molecule has 4 heteroatoms. The summed E-state index contributed by atoms with van der Waals surface area (Å²) in [6.45, 7) is 0. The number of nitrogens with zero attached hydrogens (tertiary/aromatic N) is 1. The third kappa shape index (κ3) is 1.92. The monoisotopic (exact) mass is 246 g/mol. The number of hydrogen-bond acceptors (Lipinski definition) is 3. The molecule has 0 amide bonds. The molecule has 0 radical (unpaired) electrons. The van der Waals surface area contributed by atoms with Crippen LogP contribution in [0.1, 0.15) is 25.1 Å². The number of methoxy groups -OCH3 is 2. The molecule has 18 heavy (non-hydrogen) atoms. The summed E-state index contributed by atoms with van der Waals surface area (Å²) < 4.78 is 10.6. The summed E-state index contributed by atoms with van der Waals surface area (Å²) in [5.41, 5.74) is 1.96. The summed E-state index contributed by atoms with van der Waals surface area (Å²) in [5.74, 6) is 3.36. The predicted molar refractivity (Wildman–Crippen MR) is 70.2 cm³/mol. The van der Waals surface area contributed by atoms with E-state index in [1.54, 1.807) is 14.2 Å². The predicted octanol–water partition coefficient (Wildman–Crippen LogP) is 2.92. The highest BCUT2D eigenvalue weighted by molar-refractivity contribution is 5.79. The van der Waals surface area contributed by atoms with Gasteiger partial charge in [0.25, 0.3) is 0 Å². The van der Waals surface area contributed by atoms with Crippen LogP contribution < -0.4 is 9.47 Å². The number of benzene rings is 1. The van der Waals surface area contributed by atoms with Crippen molar-refractivity contribution < 1.29 is 9.47 Å². The number of ether oxygens (including phenoxy) is 2. The number of aromatic amines is 1. The number of hydrogen-bond donors (Lipinski definition) is 1. The first kappa shape index (κ1) is 11.4. The zero-order valence-corrected chi connectivity index (χ0v) is 10.8. The zero-order chi connectivity index (χ0) is 12.5. The van der Waals surface area contributed by atoms with Crippen molar-refractivity contribution in [3.8, 4) is 11.5 Å². The van der Waals surface area contributed by atoms with Gasteiger partial charge in [-0.2, -0.15) is 0 Å². The highest BCUT2D eigenvalue weighted by Crippen LogP contribution is 2.33. The van der Waals surface area contributed by atoms with E-state index < -0.39 is 0 Å². The van der Waals surface area contributed by atoms with Crippen LogP contribution in [-0.4, -0.2) is 24.2 Å². The Balaban J connectivity index is 1.94. The number of rotatable bonds is 4. The zero-order valence-electron chi connectivity index (χ0n) is 10.8. The van der Waals surface area contributed by atoms with Crippen molar-refractivity contribution in [3.05, 3.63) is 18.0 Å². The second-order valence-corrected chi connectivity index (χ2v) is 4.91. The molecular weight excluding hydrogens is 228 g/mol. The molecule has 1 fully saturated rings. The van der Waals surface area contributed by atoms with Crippen LogP contribution in [0.15, 0.2) is 12.1 Å². The molecule has 1 N–H and O–H groups in total. The summed E-state index contributed by atoms with van der Waals surface area (Å²) in [6, 6.07) is 3.88. The third-order valence-corrected chi connectivity index (χ3v) is 3.74. The van der Waals surface area contributed by atoms with Crippen molar-refractivity contribution in [1.29, 1.82) is 0 Å². The Morgan fingerprint density at radius 1 is 1.22 bits per heavy atom. The molecule has 0 bridgehead atoms. The van der Waals surface area contributed by atoms with Gasteiger partial charge in [-0.15, -0.1) is 0 Å². The fourth-order valence-corrected chi connectivity index (χ4v) is 2.46. The average molecular weight is 246 g/mol. The van der Waals surface area contributed by atoms with Gasteiger partial charge in [0.15, 0.2) is 11.5 Å². The van der Waals surface area contributed by atoms with Crippen molar-refractivity contribution in [2.75, 3.05) is 14.2 Å². The van der Waals surface area contributed by atoms with Crippen LogP contribution in [0.5, 0.6) is 11.5 Å². The Bertz CT molecular complexity index is 517. The quantitative estimate of drug-likeness (QED) is 0.902. The fraction of sp³-hybridized carbons (Fsp3) is 0.500. The number of H-pyrrole nitrogens is 1. The Hall–Kier alpha value is -1.71. The SMILES string of the molecule is COc1cc2nc(CC3CCC3)[nH]c2cc1OC. The fourth-order valence-electron chi connectivity index (χ4n) is 2.46. The summed E-state index contributed by atoms with van der Waals surface area (Å²) >= 11 is 0. The van der Waals surface area contributed by atoms with E-state index in [0.717, 1.165) is 40.7 Å². The standard InChI is InChI=1S/C14H18N2O2/c1-17-12-7-10-11(8-13(12)18-2)16-14(15-10)6-9-4-3-5-9/h7-9H,3-6H2,1-2H3,(H,15,16). The summed E-state index contributed by atoms with van der Waals surface area (Å²) in [5, 5.41) is 0. The molecule has 1 aliphatic carbocycles. The lowest BCUT2D eigenvalue weighted by molar-refractivity contribution is 0.310. The van der Waals surface area contributed by atoms with E-state index in [0.29, 0.717) is 0 Å². The molecule has 96 valence electrons. The van der Waals surface area contributed by atoms with Gasteiger partial charge in [0.1, 0.15) is 5.82 Å². The maximum atomic E-state index is 5.29. The van der Waals surface area contributed by atoms with E-state index in [1.807, 2.05) is 12.1 Å². The van der Waals surface area contributed by atoms with Gasteiger partial charge in [0.05, 0.1) is 25.3 Å². The van der Waals surface area contributed by atoms with Crippen molar-refractivity contribution >= 4 is 11.0 Å². The normalized spacial score (nSPS) is 15.7. The van der Waals surface area contributed by atoms with Crippen LogP contribution in [0, 0.1) is 5.92 Å². The molecule has 0 atom stereocenters. The van der Waals surface area contributed by atoms with Crippen molar-refractivity contribution in [1.82, 2.24) is 9.97 Å². The third-order valence-electron chi connectivity index (χ3n) is 3.74. The van der Waals surface area contributed by atoms with Gasteiger partial charge in [-0.3, -0.25) is 0 Å². The maximum Gasteiger partial charge on any atom is 0.163 e. The van der Waals surface area contributed by atoms with Gasteiger partial charge < -0.3 is 14.5 Å². The molecule has 1 aromatic carbocycles. The van der Waals surface area contributed by atoms with Gasteiger partial charge >= 0.3 is 0 Å². The van der Waals surface area contributed by atoms with Crippen LogP contribution in [0.25, 0.3) is 11.0 Å². The number of nitrogens with one attached hydrogen (secondary N) is 1. The Morgan fingerprint density at radius 2 is 1.94 bits per heavy atom. The van der Waals surface area contributed by atoms with E-state index in [-0.39, 0.29) is 0 Å². The topological polar surface area (TPSA) is 47.1 Å². The first-order valence-electron chi connectivity index (χ1n) is 6.40. The van der Waals surface area contributed by atoms with Gasteiger partial charge in [-0.1, -0.05) is 19.3 Å². The average Bonchev–Trinajstić information content (AvgIpc) is 2.73. The summed E-state index contributed by atoms with van der Waals surface area (Å²) in [7, 11) is 3.29. The molecule has 1 aliphatic rings. The largest absolute Gasteiger partial charge is 0.493 e. The van der Waals surface area contributed by atoms with Crippen LogP contribution in [0.2, 0.25) is 0 Å². The first-order chi connectivity index (χ1) is 8.80. The minimum Gasteiger partial charge on any atom is -0.493 e. The van der Waals surface area contributed by atoms with E-state index >= 15 is 0 Å². The van der Waals surface area contributed by atoms with Crippen molar-refractivity contribution in [2.24, 2.45) is 5.92 Å². The van der Waals surface area contributed by atoms with Gasteiger partial charge in [-0.05, 0) is 5.92 Å². The number of imidazole rings is 1. The summed E-state index contributed by atoms with van der Waals surface area (Å²) in [6.07, 6.45) is 5.10. The lowest BCUT2D eigenvalue weighted by atomic mass is 9.83. The lowest BCUT2D eigenvalue weighted by Gasteiger charge is -2.23. The Morgan fingerprint density at radius 3 is 2.56 bits per heavy atom. The van der Waals surface area contributed by atoms with E-state index in [9.17, 15) is 0 Å². The van der Waals surface area contributed by atoms with Crippen molar-refractivity contribution in [3.63, 3.8) is 0 Å². The van der Waals surface area contributed by atoms with Crippen molar-refractivity contribution in [2.45, 2.75) is 25.7 Å². The minimum atomic E-state index is 0.728. The Kier molecular flexibility index (Phi) is 2.86.